The molecule has 0 aliphatic heterocycles. The Morgan fingerprint density at radius 1 is 1.33 bits per heavy atom. The van der Waals surface area contributed by atoms with Gasteiger partial charge in [0.2, 0.25) is 5.82 Å². The van der Waals surface area contributed by atoms with Crippen molar-refractivity contribution in [2.24, 2.45) is 10.3 Å². The molecular weight excluding hydrogens is 270 g/mol. The van der Waals surface area contributed by atoms with E-state index in [1.54, 1.807) is 21.0 Å². The Morgan fingerprint density at radius 3 is 2.67 bits per heavy atom. The molecular formula is C14H17N5O2. The summed E-state index contributed by atoms with van der Waals surface area (Å²) in [6.45, 7) is 2.02. The third-order valence-corrected chi connectivity index (χ3v) is 2.53. The van der Waals surface area contributed by atoms with E-state index in [4.69, 9.17) is 4.74 Å². The zero-order valence-corrected chi connectivity index (χ0v) is 12.2. The molecule has 2 rings (SSSR count). The van der Waals surface area contributed by atoms with Crippen molar-refractivity contribution >= 4 is 11.8 Å². The molecule has 0 aliphatic rings. The Labute approximate surface area is 122 Å². The third kappa shape index (κ3) is 3.65. The van der Waals surface area contributed by atoms with Crippen molar-refractivity contribution in [2.75, 3.05) is 20.7 Å². The predicted molar refractivity (Wildman–Crippen MR) is 78.2 cm³/mol. The molecule has 0 saturated heterocycles. The van der Waals surface area contributed by atoms with Crippen LogP contribution >= 0.6 is 0 Å². The lowest BCUT2D eigenvalue weighted by Crippen LogP contribution is -2.05. The van der Waals surface area contributed by atoms with Crippen molar-refractivity contribution in [1.29, 1.82) is 0 Å². The van der Waals surface area contributed by atoms with Crippen LogP contribution in [0, 0.1) is 0 Å². The van der Waals surface area contributed by atoms with Crippen LogP contribution in [0.15, 0.2) is 40.7 Å². The van der Waals surface area contributed by atoms with Crippen molar-refractivity contribution < 1.29 is 9.53 Å². The van der Waals surface area contributed by atoms with Crippen LogP contribution in [0.4, 0.5) is 5.82 Å². The molecule has 7 heteroatoms. The van der Waals surface area contributed by atoms with E-state index in [0.29, 0.717) is 5.82 Å². The number of hydrogen-bond acceptors (Lipinski definition) is 5. The van der Waals surface area contributed by atoms with Gasteiger partial charge in [-0.15, -0.1) is 5.11 Å². The molecule has 0 saturated carbocycles. The highest BCUT2D eigenvalue weighted by molar-refractivity contribution is 5.92. The van der Waals surface area contributed by atoms with Crippen LogP contribution in [-0.4, -0.2) is 41.6 Å². The molecule has 0 bridgehead atoms. The second-order valence-electron chi connectivity index (χ2n) is 4.41. The molecule has 0 aliphatic carbocycles. The van der Waals surface area contributed by atoms with Crippen LogP contribution in [-0.2, 0) is 4.74 Å². The summed E-state index contributed by atoms with van der Waals surface area (Å²) in [5, 5.41) is 9.36. The number of aromatic amines is 1. The van der Waals surface area contributed by atoms with E-state index < -0.39 is 5.97 Å². The summed E-state index contributed by atoms with van der Waals surface area (Å²) >= 11 is 0. The SMILES string of the molecule is CCOC(=O)c1[nH]c(-c2ccccc2)nc1/N=N/N(C)C. The number of ether oxygens (including phenoxy) is 1. The molecule has 21 heavy (non-hydrogen) atoms. The van der Waals surface area contributed by atoms with Crippen LogP contribution in [0.3, 0.4) is 0 Å². The van der Waals surface area contributed by atoms with E-state index >= 15 is 0 Å². The van der Waals surface area contributed by atoms with Gasteiger partial charge in [0, 0.05) is 19.7 Å². The molecule has 0 amide bonds. The van der Waals surface area contributed by atoms with E-state index in [-0.39, 0.29) is 18.1 Å². The second kappa shape index (κ2) is 6.65. The Morgan fingerprint density at radius 2 is 2.05 bits per heavy atom. The maximum Gasteiger partial charge on any atom is 0.358 e. The summed E-state index contributed by atoms with van der Waals surface area (Å²) in [7, 11) is 3.47. The Bertz CT molecular complexity index is 634. The molecule has 1 aromatic heterocycles. The fraction of sp³-hybridized carbons (Fsp3) is 0.286. The summed E-state index contributed by atoms with van der Waals surface area (Å²) in [4.78, 5) is 19.2. The number of imidazole rings is 1. The molecule has 2 aromatic rings. The van der Waals surface area contributed by atoms with Gasteiger partial charge in [0.15, 0.2) is 5.69 Å². The van der Waals surface area contributed by atoms with E-state index in [2.05, 4.69) is 20.3 Å². The quantitative estimate of drug-likeness (QED) is 0.520. The van der Waals surface area contributed by atoms with Crippen molar-refractivity contribution in [3.8, 4) is 11.4 Å². The van der Waals surface area contributed by atoms with Gasteiger partial charge < -0.3 is 9.72 Å². The van der Waals surface area contributed by atoms with Gasteiger partial charge >= 0.3 is 5.97 Å². The molecule has 0 radical (unpaired) electrons. The van der Waals surface area contributed by atoms with E-state index in [9.17, 15) is 4.79 Å². The highest BCUT2D eigenvalue weighted by atomic mass is 16.5. The largest absolute Gasteiger partial charge is 0.461 e. The molecule has 1 aromatic carbocycles. The number of nitrogens with one attached hydrogen (secondary N) is 1. The van der Waals surface area contributed by atoms with Crippen molar-refractivity contribution in [3.05, 3.63) is 36.0 Å². The monoisotopic (exact) mass is 287 g/mol. The van der Waals surface area contributed by atoms with Gasteiger partial charge in [-0.05, 0) is 6.92 Å². The highest BCUT2D eigenvalue weighted by Crippen LogP contribution is 2.24. The van der Waals surface area contributed by atoms with Gasteiger partial charge in [-0.25, -0.2) is 9.78 Å². The van der Waals surface area contributed by atoms with E-state index in [1.807, 2.05) is 30.3 Å². The number of carbonyl (C=O) groups is 1. The number of H-pyrrole nitrogens is 1. The van der Waals surface area contributed by atoms with Crippen LogP contribution in [0.5, 0.6) is 0 Å². The topological polar surface area (TPSA) is 82.9 Å². The Kier molecular flexibility index (Phi) is 4.65. The van der Waals surface area contributed by atoms with Gasteiger partial charge in [-0.2, -0.15) is 0 Å². The van der Waals surface area contributed by atoms with E-state index in [0.717, 1.165) is 5.56 Å². The molecule has 1 heterocycles. The van der Waals surface area contributed by atoms with Crippen LogP contribution < -0.4 is 0 Å². The lowest BCUT2D eigenvalue weighted by atomic mass is 10.2. The number of carbonyl (C=O) groups excluding carboxylic acids is 1. The number of rotatable bonds is 5. The lowest BCUT2D eigenvalue weighted by Gasteiger charge is -2.00. The van der Waals surface area contributed by atoms with Crippen molar-refractivity contribution in [2.45, 2.75) is 6.92 Å². The third-order valence-electron chi connectivity index (χ3n) is 2.53. The minimum atomic E-state index is -0.500. The molecule has 1 N–H and O–H groups in total. The maximum atomic E-state index is 11.9. The minimum absolute atomic E-state index is 0.196. The number of esters is 1. The molecule has 0 spiro atoms. The highest BCUT2D eigenvalue weighted by Gasteiger charge is 2.19. The summed E-state index contributed by atoms with van der Waals surface area (Å²) in [6.07, 6.45) is 0. The molecule has 0 atom stereocenters. The average molecular weight is 287 g/mol. The first-order valence-corrected chi connectivity index (χ1v) is 6.53. The normalized spacial score (nSPS) is 10.8. The van der Waals surface area contributed by atoms with Gasteiger partial charge in [-0.1, -0.05) is 35.6 Å². The van der Waals surface area contributed by atoms with Crippen LogP contribution in [0.25, 0.3) is 11.4 Å². The van der Waals surface area contributed by atoms with Crippen LogP contribution in [0.2, 0.25) is 0 Å². The zero-order chi connectivity index (χ0) is 15.2. The number of nitrogens with zero attached hydrogens (tertiary/aromatic N) is 4. The summed E-state index contributed by atoms with van der Waals surface area (Å²) < 4.78 is 5.00. The van der Waals surface area contributed by atoms with Gasteiger partial charge in [0.1, 0.15) is 5.82 Å². The molecule has 0 unspecified atom stereocenters. The number of hydrogen-bond donors (Lipinski definition) is 1. The maximum absolute atomic E-state index is 11.9. The van der Waals surface area contributed by atoms with Crippen LogP contribution in [0.1, 0.15) is 17.4 Å². The average Bonchev–Trinajstić information content (AvgIpc) is 2.90. The molecule has 110 valence electrons. The Hall–Kier alpha value is -2.70. The van der Waals surface area contributed by atoms with Crippen molar-refractivity contribution in [1.82, 2.24) is 15.0 Å². The second-order valence-corrected chi connectivity index (χ2v) is 4.41. The smallest absolute Gasteiger partial charge is 0.358 e. The van der Waals surface area contributed by atoms with Gasteiger partial charge in [0.05, 0.1) is 6.61 Å². The Balaban J connectivity index is 2.42. The zero-order valence-electron chi connectivity index (χ0n) is 12.2. The van der Waals surface area contributed by atoms with Crippen molar-refractivity contribution in [3.63, 3.8) is 0 Å². The molecule has 0 fully saturated rings. The first-order chi connectivity index (χ1) is 10.1. The predicted octanol–water partition coefficient (Wildman–Crippen LogP) is 2.81. The van der Waals surface area contributed by atoms with Gasteiger partial charge in [-0.3, -0.25) is 5.01 Å². The summed E-state index contributed by atoms with van der Waals surface area (Å²) in [5.41, 5.74) is 1.05. The first-order valence-electron chi connectivity index (χ1n) is 6.53. The number of aromatic nitrogens is 2. The van der Waals surface area contributed by atoms with E-state index in [1.165, 1.54) is 5.01 Å². The first kappa shape index (κ1) is 14.7. The fourth-order valence-corrected chi connectivity index (χ4v) is 1.65. The standard InChI is InChI=1S/C14H17N5O2/c1-4-21-14(20)11-13(17-18-19(2)3)16-12(15-11)10-8-6-5-7-9-10/h5-9H,4H2,1-3H3,(H,15,16)/b18-17+. The molecule has 7 nitrogen and oxygen atoms in total. The summed E-state index contributed by atoms with van der Waals surface area (Å²) in [6, 6.07) is 9.47. The fourth-order valence-electron chi connectivity index (χ4n) is 1.65. The number of benzene rings is 1. The van der Waals surface area contributed by atoms with Gasteiger partial charge in [0.25, 0.3) is 0 Å². The summed E-state index contributed by atoms with van der Waals surface area (Å²) in [5.74, 6) is 0.257. The lowest BCUT2D eigenvalue weighted by molar-refractivity contribution is 0.0521. The minimum Gasteiger partial charge on any atom is -0.461 e.